The Morgan fingerprint density at radius 1 is 0.515 bits per heavy atom. The molecule has 2 aliphatic rings. The SMILES string of the molecule is CC/C=C/C=C/C=C/C=C/CCCCCC(=O)OC(COC(=O)CCCCCCCCC/C=C/C/C=C/CCCCC)CO[C@@H]1O[C@H](CO[C@@H]2O[C@H](CO)[C@H](O)C(O)C2O)[C@H](O)C(O)C1O. The molecule has 0 spiro atoms. The van der Waals surface area contributed by atoms with E-state index in [-0.39, 0.29) is 19.4 Å². The zero-order valence-electron chi connectivity index (χ0n) is 39.6. The molecule has 0 aromatic heterocycles. The van der Waals surface area contributed by atoms with Gasteiger partial charge in [0, 0.05) is 12.8 Å². The summed E-state index contributed by atoms with van der Waals surface area (Å²) in [6.07, 6.45) is 26.5. The summed E-state index contributed by atoms with van der Waals surface area (Å²) >= 11 is 0. The second-order valence-corrected chi connectivity index (χ2v) is 17.0. The number of aliphatic hydroxyl groups excluding tert-OH is 7. The van der Waals surface area contributed by atoms with Crippen molar-refractivity contribution in [3.8, 4) is 0 Å². The highest BCUT2D eigenvalue weighted by Crippen LogP contribution is 2.26. The molecule has 2 rings (SSSR count). The monoisotopic (exact) mass is 937 g/mol. The summed E-state index contributed by atoms with van der Waals surface area (Å²) in [6.45, 7) is 2.34. The maximum Gasteiger partial charge on any atom is 0.306 e. The van der Waals surface area contributed by atoms with Crippen LogP contribution in [0.3, 0.4) is 0 Å². The van der Waals surface area contributed by atoms with Crippen molar-refractivity contribution in [2.24, 2.45) is 0 Å². The van der Waals surface area contributed by atoms with Crippen LogP contribution >= 0.6 is 0 Å². The highest BCUT2D eigenvalue weighted by molar-refractivity contribution is 5.70. The van der Waals surface area contributed by atoms with E-state index in [4.69, 9.17) is 28.4 Å². The predicted octanol–water partition coefficient (Wildman–Crippen LogP) is 6.26. The first kappa shape index (κ1) is 59.1. The van der Waals surface area contributed by atoms with Gasteiger partial charge in [-0.3, -0.25) is 9.59 Å². The molecule has 0 aromatic carbocycles. The summed E-state index contributed by atoms with van der Waals surface area (Å²) in [5, 5.41) is 72.0. The van der Waals surface area contributed by atoms with Gasteiger partial charge in [0.05, 0.1) is 19.8 Å². The number of rotatable bonds is 36. The van der Waals surface area contributed by atoms with E-state index in [0.717, 1.165) is 64.2 Å². The lowest BCUT2D eigenvalue weighted by molar-refractivity contribution is -0.332. The topological polar surface area (TPSA) is 231 Å². The van der Waals surface area contributed by atoms with Crippen LogP contribution in [-0.4, -0.2) is 142 Å². The molecular weight excluding hydrogens is 853 g/mol. The molecule has 0 aliphatic carbocycles. The van der Waals surface area contributed by atoms with E-state index < -0.39 is 99.3 Å². The highest BCUT2D eigenvalue weighted by atomic mass is 16.7. The number of carbonyl (C=O) groups excluding carboxylic acids is 2. The van der Waals surface area contributed by atoms with Crippen LogP contribution in [0.25, 0.3) is 0 Å². The van der Waals surface area contributed by atoms with Crippen LogP contribution in [0.4, 0.5) is 0 Å². The number of esters is 2. The van der Waals surface area contributed by atoms with Crippen molar-refractivity contribution < 1.29 is 73.8 Å². The van der Waals surface area contributed by atoms with Gasteiger partial charge in [-0.05, 0) is 64.2 Å². The lowest BCUT2D eigenvalue weighted by Gasteiger charge is -2.42. The third-order valence-electron chi connectivity index (χ3n) is 11.3. The normalized spacial score (nSPS) is 26.8. The van der Waals surface area contributed by atoms with Gasteiger partial charge in [-0.1, -0.05) is 138 Å². The van der Waals surface area contributed by atoms with Crippen LogP contribution in [0.15, 0.2) is 72.9 Å². The molecule has 0 radical (unpaired) electrons. The summed E-state index contributed by atoms with van der Waals surface area (Å²) in [5.74, 6) is -0.987. The molecule has 66 heavy (non-hydrogen) atoms. The fourth-order valence-corrected chi connectivity index (χ4v) is 7.20. The van der Waals surface area contributed by atoms with Crippen molar-refractivity contribution in [3.63, 3.8) is 0 Å². The highest BCUT2D eigenvalue weighted by Gasteiger charge is 2.47. The Bertz CT molecular complexity index is 1430. The van der Waals surface area contributed by atoms with Crippen LogP contribution in [0.2, 0.25) is 0 Å². The molecule has 15 heteroatoms. The van der Waals surface area contributed by atoms with E-state index in [1.807, 2.05) is 36.5 Å². The molecule has 0 bridgehead atoms. The van der Waals surface area contributed by atoms with Gasteiger partial charge in [0.1, 0.15) is 55.4 Å². The van der Waals surface area contributed by atoms with Crippen LogP contribution in [0, 0.1) is 0 Å². The van der Waals surface area contributed by atoms with Crippen LogP contribution < -0.4 is 0 Å². The Morgan fingerprint density at radius 3 is 1.64 bits per heavy atom. The average molecular weight is 937 g/mol. The Balaban J connectivity index is 1.84. The van der Waals surface area contributed by atoms with E-state index in [1.54, 1.807) is 0 Å². The lowest BCUT2D eigenvalue weighted by atomic mass is 9.98. The first-order valence-electron chi connectivity index (χ1n) is 24.6. The maximum absolute atomic E-state index is 12.9. The minimum atomic E-state index is -1.78. The number of hydrogen-bond donors (Lipinski definition) is 7. The van der Waals surface area contributed by atoms with Gasteiger partial charge in [0.25, 0.3) is 0 Å². The molecule has 7 N–H and O–H groups in total. The fraction of sp³-hybridized carbons (Fsp3) is 0.725. The number of hydrogen-bond acceptors (Lipinski definition) is 15. The zero-order chi connectivity index (χ0) is 48.2. The number of aliphatic hydroxyl groups is 7. The quantitative estimate of drug-likeness (QED) is 0.0159. The van der Waals surface area contributed by atoms with Crippen LogP contribution in [0.1, 0.15) is 142 Å². The molecule has 0 amide bonds. The Labute approximate surface area is 393 Å². The molecule has 2 aliphatic heterocycles. The Kier molecular flexibility index (Phi) is 33.9. The molecule has 2 saturated heterocycles. The number of allylic oxidation sites excluding steroid dienone is 12. The van der Waals surface area contributed by atoms with Crippen LogP contribution in [-0.2, 0) is 38.0 Å². The molecule has 2 heterocycles. The Hall–Kier alpha value is -3.06. The lowest BCUT2D eigenvalue weighted by Crippen LogP contribution is -2.61. The second kappa shape index (κ2) is 37.9. The molecule has 11 atom stereocenters. The number of unbranched alkanes of at least 4 members (excludes halogenated alkanes) is 13. The van der Waals surface area contributed by atoms with Crippen molar-refractivity contribution >= 4 is 11.9 Å². The van der Waals surface area contributed by atoms with Gasteiger partial charge in [0.15, 0.2) is 18.7 Å². The van der Waals surface area contributed by atoms with Crippen molar-refractivity contribution in [2.75, 3.05) is 26.4 Å². The third-order valence-corrected chi connectivity index (χ3v) is 11.3. The standard InChI is InChI=1S/C51H84O15/c1-3-5-7-9-11-13-15-17-18-19-20-22-23-25-27-29-31-33-42(53)61-36-39(64-43(54)34-32-30-28-26-24-21-16-14-12-10-8-6-4-2)37-62-50-49(60)47(58)45(56)41(66-50)38-63-51-48(59)46(57)44(55)40(35-52)65-51/h6,8,10-14,16-18,21,24,39-41,44-52,55-60H,3-5,7,9,15,19-20,22-23,25-38H2,1-2H3/b8-6+,12-10+,13-11+,16-14+,18-17+,24-21+/t39?,40-,41-,44+,45+,46?,47?,48?,49?,50-,51-/m1/s1. The third kappa shape index (κ3) is 25.9. The van der Waals surface area contributed by atoms with Crippen molar-refractivity contribution in [1.82, 2.24) is 0 Å². The van der Waals surface area contributed by atoms with Crippen molar-refractivity contribution in [3.05, 3.63) is 72.9 Å². The summed E-state index contributed by atoms with van der Waals surface area (Å²) in [4.78, 5) is 25.7. The first-order valence-corrected chi connectivity index (χ1v) is 24.6. The summed E-state index contributed by atoms with van der Waals surface area (Å²) in [6, 6.07) is 0. The van der Waals surface area contributed by atoms with Gasteiger partial charge in [-0.25, -0.2) is 0 Å². The van der Waals surface area contributed by atoms with Crippen LogP contribution in [0.5, 0.6) is 0 Å². The largest absolute Gasteiger partial charge is 0.462 e. The fourth-order valence-electron chi connectivity index (χ4n) is 7.20. The van der Waals surface area contributed by atoms with E-state index in [9.17, 15) is 45.3 Å². The van der Waals surface area contributed by atoms with Crippen molar-refractivity contribution in [1.29, 1.82) is 0 Å². The molecular formula is C51H84O15. The maximum atomic E-state index is 12.9. The molecule has 5 unspecified atom stereocenters. The van der Waals surface area contributed by atoms with E-state index in [2.05, 4.69) is 50.3 Å². The smallest absolute Gasteiger partial charge is 0.306 e. The predicted molar refractivity (Wildman–Crippen MR) is 252 cm³/mol. The van der Waals surface area contributed by atoms with Gasteiger partial charge in [-0.2, -0.15) is 0 Å². The summed E-state index contributed by atoms with van der Waals surface area (Å²) in [5.41, 5.74) is 0. The zero-order valence-corrected chi connectivity index (χ0v) is 39.6. The van der Waals surface area contributed by atoms with E-state index in [0.29, 0.717) is 12.8 Å². The Morgan fingerprint density at radius 2 is 1.02 bits per heavy atom. The number of ether oxygens (including phenoxy) is 6. The van der Waals surface area contributed by atoms with Gasteiger partial charge < -0.3 is 64.2 Å². The number of carbonyl (C=O) groups is 2. The second-order valence-electron chi connectivity index (χ2n) is 17.0. The molecule has 378 valence electrons. The summed E-state index contributed by atoms with van der Waals surface area (Å²) in [7, 11) is 0. The van der Waals surface area contributed by atoms with Crippen molar-refractivity contribution in [2.45, 2.75) is 210 Å². The van der Waals surface area contributed by atoms with E-state index >= 15 is 0 Å². The van der Waals surface area contributed by atoms with Gasteiger partial charge in [0.2, 0.25) is 0 Å². The molecule has 0 aromatic rings. The average Bonchev–Trinajstić information content (AvgIpc) is 3.31. The molecule has 15 nitrogen and oxygen atoms in total. The minimum absolute atomic E-state index is 0.114. The first-order chi connectivity index (χ1) is 32.0. The summed E-state index contributed by atoms with van der Waals surface area (Å²) < 4.78 is 33.5. The van der Waals surface area contributed by atoms with Gasteiger partial charge >= 0.3 is 11.9 Å². The van der Waals surface area contributed by atoms with Gasteiger partial charge in [-0.15, -0.1) is 0 Å². The molecule has 2 fully saturated rings. The van der Waals surface area contributed by atoms with E-state index in [1.165, 1.54) is 38.5 Å². The minimum Gasteiger partial charge on any atom is -0.462 e. The molecule has 0 saturated carbocycles.